The number of hydrogen-bond donors (Lipinski definition) is 1. The normalized spacial score (nSPS) is 11.1. The van der Waals surface area contributed by atoms with Crippen molar-refractivity contribution in [3.8, 4) is 0 Å². The van der Waals surface area contributed by atoms with E-state index in [-0.39, 0.29) is 27.9 Å². The molecule has 0 bridgehead atoms. The lowest BCUT2D eigenvalue weighted by Gasteiger charge is -2.10. The maximum absolute atomic E-state index is 12.6. The molecule has 11 heteroatoms. The summed E-state index contributed by atoms with van der Waals surface area (Å²) in [6, 6.07) is 10.0. The van der Waals surface area contributed by atoms with Crippen LogP contribution in [0.5, 0.6) is 0 Å². The van der Waals surface area contributed by atoms with E-state index < -0.39 is 30.2 Å². The van der Waals surface area contributed by atoms with Gasteiger partial charge in [-0.1, -0.05) is 23.9 Å². The first-order chi connectivity index (χ1) is 16.5. The average molecular weight is 504 g/mol. The standard InChI is InChI=1S/C24H20F3N3O4S/c1-14-5-6-16(10-15(14)2)19(31)12-34-23(33)18-4-3-9-28-22(18)35-13-21(32)30-20-8-7-17(11-29-20)24(25,26)27/h3-11H,12-13H2,1-2H3,(H,29,30,32). The Morgan fingerprint density at radius 1 is 1.03 bits per heavy atom. The molecule has 1 aromatic carbocycles. The fraction of sp³-hybridized carbons (Fsp3) is 0.208. The molecule has 1 amide bonds. The highest BCUT2D eigenvalue weighted by atomic mass is 32.2. The van der Waals surface area contributed by atoms with Crippen molar-refractivity contribution in [1.82, 2.24) is 9.97 Å². The molecule has 2 aromatic heterocycles. The monoisotopic (exact) mass is 503 g/mol. The van der Waals surface area contributed by atoms with Crippen LogP contribution >= 0.6 is 11.8 Å². The molecule has 0 radical (unpaired) electrons. The number of esters is 1. The summed E-state index contributed by atoms with van der Waals surface area (Å²) in [6.07, 6.45) is -2.48. The van der Waals surface area contributed by atoms with E-state index in [0.29, 0.717) is 11.8 Å². The number of amides is 1. The fourth-order valence-corrected chi connectivity index (χ4v) is 3.60. The number of rotatable bonds is 8. The van der Waals surface area contributed by atoms with E-state index in [2.05, 4.69) is 15.3 Å². The maximum atomic E-state index is 12.6. The highest BCUT2D eigenvalue weighted by molar-refractivity contribution is 8.00. The lowest BCUT2D eigenvalue weighted by atomic mass is 10.0. The van der Waals surface area contributed by atoms with E-state index >= 15 is 0 Å². The van der Waals surface area contributed by atoms with E-state index in [0.717, 1.165) is 35.0 Å². The molecule has 0 aliphatic carbocycles. The van der Waals surface area contributed by atoms with Crippen molar-refractivity contribution in [2.24, 2.45) is 0 Å². The van der Waals surface area contributed by atoms with E-state index in [1.807, 2.05) is 19.9 Å². The summed E-state index contributed by atoms with van der Waals surface area (Å²) in [7, 11) is 0. The minimum absolute atomic E-state index is 0.0471. The van der Waals surface area contributed by atoms with Crippen LogP contribution in [0, 0.1) is 13.8 Å². The molecule has 3 aromatic rings. The van der Waals surface area contributed by atoms with Gasteiger partial charge in [-0.25, -0.2) is 14.8 Å². The number of benzene rings is 1. The first-order valence-electron chi connectivity index (χ1n) is 10.2. The van der Waals surface area contributed by atoms with Crippen LogP contribution in [0.15, 0.2) is 59.9 Å². The lowest BCUT2D eigenvalue weighted by molar-refractivity contribution is -0.137. The van der Waals surface area contributed by atoms with Crippen LogP contribution in [0.25, 0.3) is 0 Å². The number of ketones is 1. The Morgan fingerprint density at radius 2 is 1.80 bits per heavy atom. The van der Waals surface area contributed by atoms with Gasteiger partial charge in [0.1, 0.15) is 10.8 Å². The Labute approximate surface area is 203 Å². The summed E-state index contributed by atoms with van der Waals surface area (Å²) in [5, 5.41) is 2.58. The van der Waals surface area contributed by atoms with Gasteiger partial charge in [-0.15, -0.1) is 0 Å². The molecule has 2 heterocycles. The Hall–Kier alpha value is -3.73. The third kappa shape index (κ3) is 7.12. The summed E-state index contributed by atoms with van der Waals surface area (Å²) in [5.41, 5.74) is 1.55. The number of hydrogen-bond acceptors (Lipinski definition) is 7. The van der Waals surface area contributed by atoms with Crippen LogP contribution in [0.4, 0.5) is 19.0 Å². The van der Waals surface area contributed by atoms with Crippen LogP contribution in [0.1, 0.15) is 37.4 Å². The van der Waals surface area contributed by atoms with Crippen molar-refractivity contribution < 1.29 is 32.3 Å². The van der Waals surface area contributed by atoms with Crippen LogP contribution in [0.3, 0.4) is 0 Å². The van der Waals surface area contributed by atoms with E-state index in [1.54, 1.807) is 12.1 Å². The van der Waals surface area contributed by atoms with E-state index in [4.69, 9.17) is 4.74 Å². The number of carbonyl (C=O) groups excluding carboxylic acids is 3. The van der Waals surface area contributed by atoms with Crippen LogP contribution in [0.2, 0.25) is 0 Å². The zero-order valence-electron chi connectivity index (χ0n) is 18.7. The summed E-state index contributed by atoms with van der Waals surface area (Å²) in [6.45, 7) is 3.34. The first kappa shape index (κ1) is 25.9. The second-order valence-electron chi connectivity index (χ2n) is 7.42. The summed E-state index contributed by atoms with van der Waals surface area (Å²) in [4.78, 5) is 44.8. The number of pyridine rings is 2. The van der Waals surface area contributed by atoms with Gasteiger partial charge in [0.25, 0.3) is 0 Å². The second kappa shape index (κ2) is 11.1. The van der Waals surface area contributed by atoms with Crippen molar-refractivity contribution >= 4 is 35.2 Å². The van der Waals surface area contributed by atoms with Crippen molar-refractivity contribution in [3.05, 3.63) is 82.7 Å². The number of anilines is 1. The number of nitrogens with zero attached hydrogens (tertiary/aromatic N) is 2. The number of nitrogens with one attached hydrogen (secondary N) is 1. The fourth-order valence-electron chi connectivity index (χ4n) is 2.82. The second-order valence-corrected chi connectivity index (χ2v) is 8.39. The number of halogens is 3. The van der Waals surface area contributed by atoms with Gasteiger partial charge < -0.3 is 10.1 Å². The van der Waals surface area contributed by atoms with Gasteiger partial charge in [0.05, 0.1) is 16.9 Å². The molecule has 0 saturated carbocycles. The van der Waals surface area contributed by atoms with Gasteiger partial charge in [0.15, 0.2) is 12.4 Å². The number of alkyl halides is 3. The minimum Gasteiger partial charge on any atom is -0.454 e. The molecule has 7 nitrogen and oxygen atoms in total. The summed E-state index contributed by atoms with van der Waals surface area (Å²) in [5.74, 6) is -1.93. The van der Waals surface area contributed by atoms with Crippen molar-refractivity contribution in [3.63, 3.8) is 0 Å². The molecule has 0 fully saturated rings. The zero-order valence-corrected chi connectivity index (χ0v) is 19.5. The Kier molecular flexibility index (Phi) is 8.23. The molecule has 182 valence electrons. The lowest BCUT2D eigenvalue weighted by Crippen LogP contribution is -2.17. The van der Waals surface area contributed by atoms with Crippen LogP contribution in [-0.2, 0) is 15.7 Å². The zero-order chi connectivity index (χ0) is 25.6. The molecular formula is C24H20F3N3O4S. The molecule has 35 heavy (non-hydrogen) atoms. The predicted octanol–water partition coefficient (Wildman–Crippen LogP) is 4.88. The first-order valence-corrected chi connectivity index (χ1v) is 11.2. The quantitative estimate of drug-likeness (QED) is 0.266. The average Bonchev–Trinajstić information content (AvgIpc) is 2.82. The number of ether oxygens (including phenoxy) is 1. The summed E-state index contributed by atoms with van der Waals surface area (Å²) >= 11 is 0.928. The number of carbonyl (C=O) groups is 3. The minimum atomic E-state index is -4.53. The highest BCUT2D eigenvalue weighted by Gasteiger charge is 2.30. The van der Waals surface area contributed by atoms with Crippen molar-refractivity contribution in [2.45, 2.75) is 25.0 Å². The molecule has 1 N–H and O–H groups in total. The number of aryl methyl sites for hydroxylation is 2. The molecule has 0 aliphatic heterocycles. The molecule has 0 aliphatic rings. The maximum Gasteiger partial charge on any atom is 0.417 e. The summed E-state index contributed by atoms with van der Waals surface area (Å²) < 4.78 is 43.0. The smallest absolute Gasteiger partial charge is 0.417 e. The highest BCUT2D eigenvalue weighted by Crippen LogP contribution is 2.29. The van der Waals surface area contributed by atoms with Crippen LogP contribution in [-0.4, -0.2) is 40.0 Å². The molecule has 0 spiro atoms. The number of aromatic nitrogens is 2. The van der Waals surface area contributed by atoms with Crippen LogP contribution < -0.4 is 5.32 Å². The van der Waals surface area contributed by atoms with Gasteiger partial charge in [-0.2, -0.15) is 13.2 Å². The van der Waals surface area contributed by atoms with E-state index in [1.165, 1.54) is 18.3 Å². The van der Waals surface area contributed by atoms with Crippen molar-refractivity contribution in [1.29, 1.82) is 0 Å². The number of Topliss-reactive ketones (excluding diaryl/α,β-unsaturated/α-hetero) is 1. The Bertz CT molecular complexity index is 1250. The molecule has 0 unspecified atom stereocenters. The topological polar surface area (TPSA) is 98.3 Å². The van der Waals surface area contributed by atoms with Gasteiger partial charge >= 0.3 is 12.1 Å². The third-order valence-corrected chi connectivity index (χ3v) is 5.86. The van der Waals surface area contributed by atoms with Crippen molar-refractivity contribution in [2.75, 3.05) is 17.7 Å². The van der Waals surface area contributed by atoms with E-state index in [9.17, 15) is 27.6 Å². The largest absolute Gasteiger partial charge is 0.454 e. The molecular weight excluding hydrogens is 483 g/mol. The third-order valence-electron chi connectivity index (χ3n) is 4.85. The van der Waals surface area contributed by atoms with Gasteiger partial charge in [0, 0.05) is 18.0 Å². The molecule has 0 saturated heterocycles. The predicted molar refractivity (Wildman–Crippen MR) is 123 cm³/mol. The Balaban J connectivity index is 1.57. The van der Waals surface area contributed by atoms with Gasteiger partial charge in [-0.05, 0) is 55.3 Å². The molecule has 3 rings (SSSR count). The SMILES string of the molecule is Cc1ccc(C(=O)COC(=O)c2cccnc2SCC(=O)Nc2ccc(C(F)(F)F)cn2)cc1C. The molecule has 0 atom stereocenters. The van der Waals surface area contributed by atoms with Gasteiger partial charge in [0.2, 0.25) is 5.91 Å². The Morgan fingerprint density at radius 3 is 2.46 bits per heavy atom. The van der Waals surface area contributed by atoms with Gasteiger partial charge in [-0.3, -0.25) is 9.59 Å². The number of thioether (sulfide) groups is 1.